The highest BCUT2D eigenvalue weighted by molar-refractivity contribution is 6.31. The summed E-state index contributed by atoms with van der Waals surface area (Å²) >= 11 is 5.84. The van der Waals surface area contributed by atoms with E-state index in [4.69, 9.17) is 11.6 Å². The number of rotatable bonds is 6. The van der Waals surface area contributed by atoms with E-state index >= 15 is 0 Å². The molecule has 2 atom stereocenters. The van der Waals surface area contributed by atoms with Gasteiger partial charge in [0.15, 0.2) is 5.69 Å². The molecule has 0 aliphatic heterocycles. The molecule has 1 amide bonds. The molecule has 12 heteroatoms. The van der Waals surface area contributed by atoms with Crippen LogP contribution in [-0.2, 0) is 12.6 Å². The Morgan fingerprint density at radius 2 is 1.89 bits per heavy atom. The van der Waals surface area contributed by atoms with Gasteiger partial charge in [-0.1, -0.05) is 11.6 Å². The van der Waals surface area contributed by atoms with Gasteiger partial charge in [-0.15, -0.1) is 0 Å². The average molecular weight is 537 g/mol. The predicted molar refractivity (Wildman–Crippen MR) is 130 cm³/mol. The second kappa shape index (κ2) is 9.43. The number of hydrogen-bond acceptors (Lipinski definition) is 5. The highest BCUT2D eigenvalue weighted by Crippen LogP contribution is 2.57. The number of anilines is 1. The topological polar surface area (TPSA) is 97.9 Å². The molecule has 37 heavy (non-hydrogen) atoms. The van der Waals surface area contributed by atoms with E-state index in [2.05, 4.69) is 20.5 Å². The Balaban J connectivity index is 1.34. The fourth-order valence-electron chi connectivity index (χ4n) is 5.91. The van der Waals surface area contributed by atoms with E-state index in [-0.39, 0.29) is 34.5 Å². The Kier molecular flexibility index (Phi) is 6.56. The molecule has 0 saturated heterocycles. The first kappa shape index (κ1) is 25.7. The van der Waals surface area contributed by atoms with E-state index in [0.717, 1.165) is 0 Å². The van der Waals surface area contributed by atoms with Gasteiger partial charge in [-0.2, -0.15) is 15.0 Å². The van der Waals surface area contributed by atoms with Crippen molar-refractivity contribution in [3.05, 3.63) is 58.1 Å². The Morgan fingerprint density at radius 3 is 2.49 bits per heavy atom. The standard InChI is InChI=1S/C25H28ClF3N6O2/c1-12(2)35-32-20(23(28)29)22(33-35)25(37)9-14-6-13(7-15(14)10-25)19-21(34(3)11-30-19)24(36)31-16-4-5-18(27)17(26)8-16/h4-5,8,11-15,23,37H,6-7,9-10H2,1-3H3,(H,31,36). The van der Waals surface area contributed by atoms with Crippen molar-refractivity contribution in [3.8, 4) is 0 Å². The molecule has 0 bridgehead atoms. The number of aryl methyl sites for hydroxylation is 1. The van der Waals surface area contributed by atoms with Crippen molar-refractivity contribution in [1.29, 1.82) is 0 Å². The third kappa shape index (κ3) is 4.63. The van der Waals surface area contributed by atoms with Crippen molar-refractivity contribution in [2.45, 2.75) is 63.5 Å². The fraction of sp³-hybridized carbons (Fsp3) is 0.520. The summed E-state index contributed by atoms with van der Waals surface area (Å²) in [5.74, 6) is -0.861. The van der Waals surface area contributed by atoms with E-state index in [1.807, 2.05) is 0 Å². The van der Waals surface area contributed by atoms with Gasteiger partial charge in [-0.25, -0.2) is 18.2 Å². The van der Waals surface area contributed by atoms with E-state index in [1.165, 1.54) is 23.0 Å². The number of hydrogen-bond donors (Lipinski definition) is 2. The molecule has 1 aromatic carbocycles. The molecule has 0 spiro atoms. The molecule has 2 unspecified atom stereocenters. The third-order valence-electron chi connectivity index (χ3n) is 7.55. The molecule has 2 aromatic heterocycles. The van der Waals surface area contributed by atoms with Crippen LogP contribution in [0.3, 0.4) is 0 Å². The molecule has 198 valence electrons. The number of imidazole rings is 1. The lowest BCUT2D eigenvalue weighted by atomic mass is 9.89. The summed E-state index contributed by atoms with van der Waals surface area (Å²) in [5, 5.41) is 22.3. The van der Waals surface area contributed by atoms with Crippen LogP contribution in [0.4, 0.5) is 18.9 Å². The van der Waals surface area contributed by atoms with E-state index in [1.54, 1.807) is 31.8 Å². The first-order valence-corrected chi connectivity index (χ1v) is 12.6. The fourth-order valence-corrected chi connectivity index (χ4v) is 6.09. The summed E-state index contributed by atoms with van der Waals surface area (Å²) in [6.45, 7) is 3.59. The van der Waals surface area contributed by atoms with Gasteiger partial charge in [-0.3, -0.25) is 4.79 Å². The van der Waals surface area contributed by atoms with Gasteiger partial charge in [0.25, 0.3) is 12.3 Å². The molecule has 8 nitrogen and oxygen atoms in total. The Morgan fingerprint density at radius 1 is 1.22 bits per heavy atom. The summed E-state index contributed by atoms with van der Waals surface area (Å²) in [4.78, 5) is 18.9. The second-order valence-electron chi connectivity index (χ2n) is 10.4. The lowest BCUT2D eigenvalue weighted by Crippen LogP contribution is -2.26. The third-order valence-corrected chi connectivity index (χ3v) is 7.84. The van der Waals surface area contributed by atoms with Crippen LogP contribution in [0.1, 0.15) is 85.5 Å². The number of carbonyl (C=O) groups excluding carboxylic acids is 1. The lowest BCUT2D eigenvalue weighted by molar-refractivity contribution is 0.0242. The van der Waals surface area contributed by atoms with Crippen LogP contribution in [0, 0.1) is 17.7 Å². The first-order chi connectivity index (χ1) is 17.5. The van der Waals surface area contributed by atoms with Crippen molar-refractivity contribution in [1.82, 2.24) is 24.5 Å². The molecular formula is C25H28ClF3N6O2. The Bertz CT molecular complexity index is 1330. The molecule has 2 N–H and O–H groups in total. The number of aliphatic hydroxyl groups is 1. The van der Waals surface area contributed by atoms with Gasteiger partial charge in [0.1, 0.15) is 22.8 Å². The number of nitrogens with one attached hydrogen (secondary N) is 1. The SMILES string of the molecule is CC(C)n1nc(C(F)F)c(C2(O)CC3CC(c4ncn(C)c4C(=O)Nc4ccc(F)c(Cl)c4)CC3C2)n1. The summed E-state index contributed by atoms with van der Waals surface area (Å²) in [6.07, 6.45) is 0.667. The number of carbonyl (C=O) groups is 1. The maximum atomic E-state index is 13.7. The quantitative estimate of drug-likeness (QED) is 0.441. The highest BCUT2D eigenvalue weighted by atomic mass is 35.5. The van der Waals surface area contributed by atoms with Crippen LogP contribution in [0.25, 0.3) is 0 Å². The van der Waals surface area contributed by atoms with Crippen LogP contribution >= 0.6 is 11.6 Å². The number of alkyl halides is 2. The largest absolute Gasteiger partial charge is 0.383 e. The minimum Gasteiger partial charge on any atom is -0.383 e. The Hall–Kier alpha value is -2.92. The zero-order valence-electron chi connectivity index (χ0n) is 20.6. The van der Waals surface area contributed by atoms with Gasteiger partial charge in [0, 0.05) is 18.7 Å². The number of benzene rings is 1. The van der Waals surface area contributed by atoms with Gasteiger partial charge in [0.05, 0.1) is 23.1 Å². The molecule has 2 saturated carbocycles. The van der Waals surface area contributed by atoms with Crippen LogP contribution in [-0.4, -0.2) is 35.6 Å². The summed E-state index contributed by atoms with van der Waals surface area (Å²) in [7, 11) is 1.72. The molecule has 3 aromatic rings. The number of fused-ring (bicyclic) bond motifs is 1. The lowest BCUT2D eigenvalue weighted by Gasteiger charge is -2.23. The van der Waals surface area contributed by atoms with Crippen molar-refractivity contribution < 1.29 is 23.1 Å². The monoisotopic (exact) mass is 536 g/mol. The minimum absolute atomic E-state index is 0.0285. The predicted octanol–water partition coefficient (Wildman–Crippen LogP) is 5.37. The number of aromatic nitrogens is 5. The molecular weight excluding hydrogens is 509 g/mol. The molecule has 2 aliphatic carbocycles. The van der Waals surface area contributed by atoms with Crippen molar-refractivity contribution >= 4 is 23.2 Å². The number of nitrogens with zero attached hydrogens (tertiary/aromatic N) is 5. The van der Waals surface area contributed by atoms with Crippen molar-refractivity contribution in [3.63, 3.8) is 0 Å². The summed E-state index contributed by atoms with van der Waals surface area (Å²) < 4.78 is 42.6. The minimum atomic E-state index is -2.83. The van der Waals surface area contributed by atoms with Crippen molar-refractivity contribution in [2.75, 3.05) is 5.32 Å². The van der Waals surface area contributed by atoms with E-state index in [9.17, 15) is 23.1 Å². The number of halogens is 4. The van der Waals surface area contributed by atoms with E-state index < -0.39 is 29.4 Å². The van der Waals surface area contributed by atoms with Crippen LogP contribution in [0.5, 0.6) is 0 Å². The van der Waals surface area contributed by atoms with Crippen molar-refractivity contribution in [2.24, 2.45) is 18.9 Å². The van der Waals surface area contributed by atoms with Crippen LogP contribution < -0.4 is 5.32 Å². The molecule has 5 rings (SSSR count). The molecule has 0 radical (unpaired) electrons. The van der Waals surface area contributed by atoms with E-state index in [0.29, 0.717) is 42.8 Å². The molecule has 2 aliphatic rings. The van der Waals surface area contributed by atoms with Gasteiger partial charge >= 0.3 is 0 Å². The maximum absolute atomic E-state index is 13.7. The first-order valence-electron chi connectivity index (χ1n) is 12.2. The van der Waals surface area contributed by atoms with Gasteiger partial charge in [0.2, 0.25) is 0 Å². The summed E-state index contributed by atoms with van der Waals surface area (Å²) in [6, 6.07) is 3.74. The number of amides is 1. The zero-order valence-corrected chi connectivity index (χ0v) is 21.4. The summed E-state index contributed by atoms with van der Waals surface area (Å²) in [5.41, 5.74) is -0.562. The highest BCUT2D eigenvalue weighted by Gasteiger charge is 2.53. The molecule has 2 fully saturated rings. The normalized spacial score (nSPS) is 25.3. The Labute approximate surface area is 216 Å². The average Bonchev–Trinajstić information content (AvgIpc) is 3.57. The molecule has 2 heterocycles. The van der Waals surface area contributed by atoms with Gasteiger partial charge in [-0.05, 0) is 69.6 Å². The van der Waals surface area contributed by atoms with Gasteiger partial charge < -0.3 is 15.0 Å². The zero-order chi connectivity index (χ0) is 26.6. The smallest absolute Gasteiger partial charge is 0.284 e. The second-order valence-corrected chi connectivity index (χ2v) is 10.9. The van der Waals surface area contributed by atoms with Crippen LogP contribution in [0.2, 0.25) is 5.02 Å². The van der Waals surface area contributed by atoms with Crippen LogP contribution in [0.15, 0.2) is 24.5 Å². The maximum Gasteiger partial charge on any atom is 0.284 e.